The van der Waals surface area contributed by atoms with Crippen LogP contribution in [0.1, 0.15) is 75.8 Å². The van der Waals surface area contributed by atoms with Gasteiger partial charge < -0.3 is 15.1 Å². The van der Waals surface area contributed by atoms with Crippen LogP contribution < -0.4 is 10.6 Å². The first-order chi connectivity index (χ1) is 14.3. The minimum atomic E-state index is -0.0851. The summed E-state index contributed by atoms with van der Waals surface area (Å²) in [5.41, 5.74) is 1.36. The quantitative estimate of drug-likeness (QED) is 0.392. The van der Waals surface area contributed by atoms with Crippen molar-refractivity contribution in [1.29, 1.82) is 0 Å². The fourth-order valence-corrected chi connectivity index (χ4v) is 3.58. The standard InChI is InChI=1S/C21H30N6O2S/c1-6-7-8-17-23-19(29-26-17)14(2)30-20-25-24-18(27(20)22)13-28-16-11-9-15(10-12-16)21(3,4)5/h9-12,14H,6-8,13,22H2,1-5H3. The topological polar surface area (TPSA) is 105 Å². The first-order valence-corrected chi connectivity index (χ1v) is 11.1. The zero-order valence-electron chi connectivity index (χ0n) is 18.3. The largest absolute Gasteiger partial charge is 0.486 e. The summed E-state index contributed by atoms with van der Waals surface area (Å²) in [7, 11) is 0. The highest BCUT2D eigenvalue weighted by Crippen LogP contribution is 2.32. The fourth-order valence-electron chi connectivity index (χ4n) is 2.76. The maximum atomic E-state index is 6.17. The van der Waals surface area contributed by atoms with Crippen molar-refractivity contribution in [2.75, 3.05) is 5.84 Å². The van der Waals surface area contributed by atoms with E-state index in [0.717, 1.165) is 30.8 Å². The van der Waals surface area contributed by atoms with E-state index in [9.17, 15) is 0 Å². The van der Waals surface area contributed by atoms with E-state index in [2.05, 4.69) is 60.2 Å². The summed E-state index contributed by atoms with van der Waals surface area (Å²) in [5, 5.41) is 12.8. The number of hydrogen-bond acceptors (Lipinski definition) is 8. The van der Waals surface area contributed by atoms with Gasteiger partial charge in [0, 0.05) is 6.42 Å². The monoisotopic (exact) mass is 430 g/mol. The summed E-state index contributed by atoms with van der Waals surface area (Å²) in [6.45, 7) is 10.9. The Kier molecular flexibility index (Phi) is 7.02. The van der Waals surface area contributed by atoms with Crippen molar-refractivity contribution in [3.8, 4) is 5.75 Å². The maximum absolute atomic E-state index is 6.17. The van der Waals surface area contributed by atoms with Crippen molar-refractivity contribution in [3.63, 3.8) is 0 Å². The molecule has 0 radical (unpaired) electrons. The molecule has 2 N–H and O–H groups in total. The summed E-state index contributed by atoms with van der Waals surface area (Å²) < 4.78 is 12.7. The van der Waals surface area contributed by atoms with Gasteiger partial charge in [-0.15, -0.1) is 10.2 Å². The van der Waals surface area contributed by atoms with Gasteiger partial charge in [0.1, 0.15) is 12.4 Å². The van der Waals surface area contributed by atoms with Gasteiger partial charge in [-0.2, -0.15) is 4.98 Å². The molecular formula is C21H30N6O2S. The fraction of sp³-hybridized carbons (Fsp3) is 0.524. The molecule has 0 aliphatic rings. The lowest BCUT2D eigenvalue weighted by atomic mass is 9.87. The van der Waals surface area contributed by atoms with E-state index >= 15 is 0 Å². The number of aryl methyl sites for hydroxylation is 1. The van der Waals surface area contributed by atoms with Crippen molar-refractivity contribution in [2.45, 2.75) is 76.3 Å². The van der Waals surface area contributed by atoms with Crippen LogP contribution in [-0.4, -0.2) is 25.0 Å². The molecule has 0 saturated heterocycles. The molecule has 1 aromatic carbocycles. The predicted octanol–water partition coefficient (Wildman–Crippen LogP) is 4.45. The van der Waals surface area contributed by atoms with Gasteiger partial charge in [0.05, 0.1) is 5.25 Å². The zero-order valence-corrected chi connectivity index (χ0v) is 19.1. The molecular weight excluding hydrogens is 400 g/mol. The van der Waals surface area contributed by atoms with Gasteiger partial charge >= 0.3 is 0 Å². The Labute approximate surface area is 181 Å². The summed E-state index contributed by atoms with van der Waals surface area (Å²) in [5.74, 6) is 8.77. The average Bonchev–Trinajstić information content (AvgIpc) is 3.32. The highest BCUT2D eigenvalue weighted by molar-refractivity contribution is 7.99. The minimum Gasteiger partial charge on any atom is -0.486 e. The summed E-state index contributed by atoms with van der Waals surface area (Å²) in [6, 6.07) is 8.07. The second-order valence-electron chi connectivity index (χ2n) is 8.24. The van der Waals surface area contributed by atoms with E-state index in [1.807, 2.05) is 19.1 Å². The van der Waals surface area contributed by atoms with Gasteiger partial charge in [0.15, 0.2) is 11.6 Å². The molecule has 0 fully saturated rings. The number of thioether (sulfide) groups is 1. The van der Waals surface area contributed by atoms with E-state index in [-0.39, 0.29) is 17.3 Å². The molecule has 2 aromatic heterocycles. The van der Waals surface area contributed by atoms with E-state index in [4.69, 9.17) is 15.1 Å². The molecule has 30 heavy (non-hydrogen) atoms. The normalized spacial score (nSPS) is 12.8. The third kappa shape index (κ3) is 5.53. The number of nitrogens with two attached hydrogens (primary N) is 1. The van der Waals surface area contributed by atoms with Crippen LogP contribution >= 0.6 is 11.8 Å². The molecule has 0 bridgehead atoms. The Bertz CT molecular complexity index is 945. The third-order valence-electron chi connectivity index (χ3n) is 4.69. The van der Waals surface area contributed by atoms with Gasteiger partial charge in [0.25, 0.3) is 0 Å². The second kappa shape index (κ2) is 9.51. The Morgan fingerprint density at radius 3 is 2.60 bits per heavy atom. The Balaban J connectivity index is 1.58. The number of nitrogen functional groups attached to an aromatic ring is 1. The Morgan fingerprint density at radius 2 is 1.93 bits per heavy atom. The SMILES string of the molecule is CCCCc1noc(C(C)Sc2nnc(COc3ccc(C(C)(C)C)cc3)n2N)n1. The molecule has 0 amide bonds. The van der Waals surface area contributed by atoms with Gasteiger partial charge in [-0.1, -0.05) is 63.2 Å². The van der Waals surface area contributed by atoms with Gasteiger partial charge in [0.2, 0.25) is 11.0 Å². The van der Waals surface area contributed by atoms with Crippen LogP contribution in [0.3, 0.4) is 0 Å². The first kappa shape index (κ1) is 22.1. The number of hydrogen-bond donors (Lipinski definition) is 1. The molecule has 0 spiro atoms. The first-order valence-electron chi connectivity index (χ1n) is 10.2. The molecule has 0 saturated carbocycles. The Morgan fingerprint density at radius 1 is 1.20 bits per heavy atom. The van der Waals surface area contributed by atoms with Gasteiger partial charge in [-0.05, 0) is 36.5 Å². The van der Waals surface area contributed by atoms with E-state index in [1.54, 1.807) is 0 Å². The van der Waals surface area contributed by atoms with Crippen LogP contribution in [0.2, 0.25) is 0 Å². The average molecular weight is 431 g/mol. The van der Waals surface area contributed by atoms with Crippen LogP contribution in [0.15, 0.2) is 33.9 Å². The van der Waals surface area contributed by atoms with E-state index in [1.165, 1.54) is 22.0 Å². The molecule has 3 aromatic rings. The van der Waals surface area contributed by atoms with Crippen molar-refractivity contribution < 1.29 is 9.26 Å². The number of rotatable bonds is 9. The summed E-state index contributed by atoms with van der Waals surface area (Å²) in [4.78, 5) is 4.46. The molecule has 8 nitrogen and oxygen atoms in total. The molecule has 3 rings (SSSR count). The van der Waals surface area contributed by atoms with E-state index < -0.39 is 0 Å². The van der Waals surface area contributed by atoms with Crippen LogP contribution in [0.4, 0.5) is 0 Å². The lowest BCUT2D eigenvalue weighted by Crippen LogP contribution is -2.16. The molecule has 9 heteroatoms. The van der Waals surface area contributed by atoms with Crippen LogP contribution in [-0.2, 0) is 18.4 Å². The van der Waals surface area contributed by atoms with Crippen molar-refractivity contribution in [3.05, 3.63) is 47.4 Å². The van der Waals surface area contributed by atoms with Crippen LogP contribution in [0, 0.1) is 0 Å². The highest BCUT2D eigenvalue weighted by Gasteiger charge is 2.20. The predicted molar refractivity (Wildman–Crippen MR) is 117 cm³/mol. The van der Waals surface area contributed by atoms with Crippen molar-refractivity contribution in [1.82, 2.24) is 25.0 Å². The minimum absolute atomic E-state index is 0.0851. The lowest BCUT2D eigenvalue weighted by molar-refractivity contribution is 0.291. The molecule has 162 valence electrons. The zero-order chi connectivity index (χ0) is 21.7. The third-order valence-corrected chi connectivity index (χ3v) is 5.74. The molecule has 2 heterocycles. The number of unbranched alkanes of at least 4 members (excludes halogenated alkanes) is 1. The van der Waals surface area contributed by atoms with Crippen LogP contribution in [0.5, 0.6) is 5.75 Å². The smallest absolute Gasteiger partial charge is 0.239 e. The van der Waals surface area contributed by atoms with Crippen molar-refractivity contribution in [2.24, 2.45) is 0 Å². The molecule has 0 aliphatic heterocycles. The summed E-state index contributed by atoms with van der Waals surface area (Å²) >= 11 is 1.42. The number of ether oxygens (including phenoxy) is 1. The number of aromatic nitrogens is 5. The molecule has 1 unspecified atom stereocenters. The maximum Gasteiger partial charge on any atom is 0.239 e. The molecule has 0 aliphatic carbocycles. The lowest BCUT2D eigenvalue weighted by Gasteiger charge is -2.19. The molecule has 1 atom stereocenters. The van der Waals surface area contributed by atoms with E-state index in [0.29, 0.717) is 16.9 Å². The second-order valence-corrected chi connectivity index (χ2v) is 9.55. The van der Waals surface area contributed by atoms with Crippen molar-refractivity contribution >= 4 is 11.8 Å². The highest BCUT2D eigenvalue weighted by atomic mass is 32.2. The van der Waals surface area contributed by atoms with Gasteiger partial charge in [-0.3, -0.25) is 0 Å². The van der Waals surface area contributed by atoms with Gasteiger partial charge in [-0.25, -0.2) is 4.68 Å². The number of nitrogens with zero attached hydrogens (tertiary/aromatic N) is 5. The number of benzene rings is 1. The Hall–Kier alpha value is -2.55. The van der Waals surface area contributed by atoms with Crippen LogP contribution in [0.25, 0.3) is 0 Å². The summed E-state index contributed by atoms with van der Waals surface area (Å²) in [6.07, 6.45) is 2.96.